The molecule has 0 saturated carbocycles. The minimum absolute atomic E-state index is 0.0332. The molecule has 1 saturated heterocycles. The van der Waals surface area contributed by atoms with E-state index in [-0.39, 0.29) is 5.56 Å². The van der Waals surface area contributed by atoms with E-state index in [1.807, 2.05) is 0 Å². The maximum atomic E-state index is 13.3. The monoisotopic (exact) mass is 348 g/mol. The van der Waals surface area contributed by atoms with Crippen molar-refractivity contribution in [1.82, 2.24) is 0 Å². The second-order valence-electron chi connectivity index (χ2n) is 6.16. The molecule has 0 amide bonds. The number of halogens is 2. The number of hydrogen-bond acceptors (Lipinski definition) is 2. The third-order valence-electron chi connectivity index (χ3n) is 4.61. The van der Waals surface area contributed by atoms with Crippen LogP contribution in [0.1, 0.15) is 18.1 Å². The van der Waals surface area contributed by atoms with E-state index in [0.717, 1.165) is 38.3 Å². The van der Waals surface area contributed by atoms with Gasteiger partial charge in [-0.25, -0.2) is 0 Å². The molecule has 3 rings (SSSR count). The van der Waals surface area contributed by atoms with Crippen molar-refractivity contribution in [1.29, 1.82) is 0 Å². The number of anilines is 2. The second kappa shape index (κ2) is 7.06. The summed E-state index contributed by atoms with van der Waals surface area (Å²) in [5, 5.41) is 0. The number of hydrogen-bond donors (Lipinski definition) is 0. The van der Waals surface area contributed by atoms with Gasteiger partial charge in [0.1, 0.15) is 0 Å². The lowest BCUT2D eigenvalue weighted by Crippen LogP contribution is -2.46. The number of nitrogens with zero attached hydrogens (tertiary/aromatic N) is 2. The molecular formula is C19H23F2N2P. The zero-order valence-corrected chi connectivity index (χ0v) is 15.0. The predicted octanol–water partition coefficient (Wildman–Crippen LogP) is 4.50. The molecule has 2 aromatic carbocycles. The molecule has 128 valence electrons. The summed E-state index contributed by atoms with van der Waals surface area (Å²) < 4.78 is 26.5. The van der Waals surface area contributed by atoms with Crippen LogP contribution in [0.4, 0.5) is 20.2 Å². The molecule has 2 nitrogen and oxygen atoms in total. The van der Waals surface area contributed by atoms with Crippen molar-refractivity contribution in [3.05, 3.63) is 59.7 Å². The molecule has 0 spiro atoms. The molecule has 24 heavy (non-hydrogen) atoms. The Morgan fingerprint density at radius 3 is 1.62 bits per heavy atom. The summed E-state index contributed by atoms with van der Waals surface area (Å²) in [7, 11) is 1.59. The topological polar surface area (TPSA) is 6.48 Å². The largest absolute Gasteiger partial charge is 0.368 e. The van der Waals surface area contributed by atoms with Crippen LogP contribution in [0, 0.1) is 0 Å². The zero-order valence-electron chi connectivity index (χ0n) is 13.9. The van der Waals surface area contributed by atoms with Gasteiger partial charge in [0.15, 0.2) is 0 Å². The Labute approximate surface area is 144 Å². The maximum absolute atomic E-state index is 13.3. The highest BCUT2D eigenvalue weighted by Gasteiger charge is 2.24. The smallest absolute Gasteiger partial charge is 0.283 e. The number of aryl methyl sites for hydroxylation is 1. The standard InChI is InChI=1S/C19H23F2N2P/c1-2-15-3-7-17(8-4-15)22-11-13-23(14-12-22)18-9-5-16(6-10-18)19(20,21)24/h3-10H,2,11-14,24H2,1H3. The minimum Gasteiger partial charge on any atom is -0.368 e. The lowest BCUT2D eigenvalue weighted by Gasteiger charge is -2.37. The Kier molecular flexibility index (Phi) is 5.05. The zero-order chi connectivity index (χ0) is 17.2. The van der Waals surface area contributed by atoms with Crippen LogP contribution in [0.25, 0.3) is 0 Å². The molecule has 1 fully saturated rings. The fourth-order valence-electron chi connectivity index (χ4n) is 3.06. The van der Waals surface area contributed by atoms with E-state index in [4.69, 9.17) is 0 Å². The molecule has 5 heteroatoms. The quantitative estimate of drug-likeness (QED) is 0.751. The lowest BCUT2D eigenvalue weighted by atomic mass is 10.1. The molecule has 1 aliphatic heterocycles. The van der Waals surface area contributed by atoms with Crippen LogP contribution in [0.5, 0.6) is 0 Å². The molecular weight excluding hydrogens is 325 g/mol. The summed E-state index contributed by atoms with van der Waals surface area (Å²) in [5.74, 6) is 0. The first-order valence-electron chi connectivity index (χ1n) is 8.33. The van der Waals surface area contributed by atoms with Crippen LogP contribution >= 0.6 is 9.24 Å². The summed E-state index contributed by atoms with van der Waals surface area (Å²) in [6.07, 6.45) is 1.05. The summed E-state index contributed by atoms with van der Waals surface area (Å²) in [5.41, 5.74) is 0.787. The van der Waals surface area contributed by atoms with Gasteiger partial charge in [-0.05, 0) is 36.2 Å². The Morgan fingerprint density at radius 2 is 1.25 bits per heavy atom. The fourth-order valence-corrected chi connectivity index (χ4v) is 3.25. The lowest BCUT2D eigenvalue weighted by molar-refractivity contribution is 0.104. The third kappa shape index (κ3) is 3.87. The van der Waals surface area contributed by atoms with E-state index < -0.39 is 5.66 Å². The number of benzene rings is 2. The average molecular weight is 348 g/mol. The van der Waals surface area contributed by atoms with E-state index in [1.165, 1.54) is 23.4 Å². The fraction of sp³-hybridized carbons (Fsp3) is 0.368. The van der Waals surface area contributed by atoms with Gasteiger partial charge in [0, 0.05) is 43.1 Å². The first kappa shape index (κ1) is 17.2. The van der Waals surface area contributed by atoms with Crippen LogP contribution in [0.3, 0.4) is 0 Å². The summed E-state index contributed by atoms with van der Waals surface area (Å²) >= 11 is 0. The number of alkyl halides is 2. The van der Waals surface area contributed by atoms with Crippen molar-refractivity contribution in [2.45, 2.75) is 19.0 Å². The van der Waals surface area contributed by atoms with Gasteiger partial charge >= 0.3 is 0 Å². The second-order valence-corrected chi connectivity index (χ2v) is 6.89. The number of piperazine rings is 1. The molecule has 1 atom stereocenters. The Morgan fingerprint density at radius 1 is 0.833 bits per heavy atom. The molecule has 0 radical (unpaired) electrons. The molecule has 1 heterocycles. The molecule has 1 unspecified atom stereocenters. The normalized spacial score (nSPS) is 15.7. The number of rotatable bonds is 4. The van der Waals surface area contributed by atoms with E-state index in [2.05, 4.69) is 41.0 Å². The van der Waals surface area contributed by atoms with Crippen LogP contribution in [0.15, 0.2) is 48.5 Å². The van der Waals surface area contributed by atoms with Gasteiger partial charge in [0.2, 0.25) is 0 Å². The average Bonchev–Trinajstić information content (AvgIpc) is 2.61. The summed E-state index contributed by atoms with van der Waals surface area (Å²) in [6.45, 7) is 5.82. The SMILES string of the molecule is CCc1ccc(N2CCN(c3ccc(C(F)(F)P)cc3)CC2)cc1. The molecule has 0 aliphatic carbocycles. The van der Waals surface area contributed by atoms with E-state index >= 15 is 0 Å². The first-order chi connectivity index (χ1) is 11.5. The van der Waals surface area contributed by atoms with Crippen LogP contribution in [-0.2, 0) is 12.1 Å². The van der Waals surface area contributed by atoms with E-state index in [9.17, 15) is 8.78 Å². The highest BCUT2D eigenvalue weighted by Crippen LogP contribution is 2.35. The third-order valence-corrected chi connectivity index (χ3v) is 4.94. The van der Waals surface area contributed by atoms with Gasteiger partial charge in [-0.15, -0.1) is 0 Å². The minimum atomic E-state index is -2.86. The Bertz CT molecular complexity index is 657. The Hall–Kier alpha value is -1.67. The van der Waals surface area contributed by atoms with Crippen LogP contribution in [-0.4, -0.2) is 26.2 Å². The van der Waals surface area contributed by atoms with Crippen LogP contribution in [0.2, 0.25) is 0 Å². The van der Waals surface area contributed by atoms with Crippen molar-refractivity contribution < 1.29 is 8.78 Å². The maximum Gasteiger partial charge on any atom is 0.283 e. The van der Waals surface area contributed by atoms with Crippen molar-refractivity contribution >= 4 is 20.6 Å². The van der Waals surface area contributed by atoms with E-state index in [0.29, 0.717) is 0 Å². The summed E-state index contributed by atoms with van der Waals surface area (Å²) in [4.78, 5) is 4.63. The van der Waals surface area contributed by atoms with E-state index in [1.54, 1.807) is 21.4 Å². The molecule has 1 aliphatic rings. The highest BCUT2D eigenvalue weighted by atomic mass is 31.0. The van der Waals surface area contributed by atoms with Gasteiger partial charge < -0.3 is 9.80 Å². The van der Waals surface area contributed by atoms with Gasteiger partial charge in [0.05, 0.1) is 0 Å². The summed E-state index contributed by atoms with van der Waals surface area (Å²) in [6, 6.07) is 15.3. The van der Waals surface area contributed by atoms with Crippen LogP contribution < -0.4 is 9.80 Å². The highest BCUT2D eigenvalue weighted by molar-refractivity contribution is 7.17. The molecule has 0 aromatic heterocycles. The predicted molar refractivity (Wildman–Crippen MR) is 100 cm³/mol. The van der Waals surface area contributed by atoms with Gasteiger partial charge in [-0.1, -0.05) is 40.4 Å². The van der Waals surface area contributed by atoms with Crippen molar-refractivity contribution in [2.75, 3.05) is 36.0 Å². The molecule has 0 bridgehead atoms. The van der Waals surface area contributed by atoms with Crippen molar-refractivity contribution in [2.24, 2.45) is 0 Å². The first-order valence-corrected chi connectivity index (χ1v) is 8.91. The van der Waals surface area contributed by atoms with Gasteiger partial charge in [-0.2, -0.15) is 8.78 Å². The van der Waals surface area contributed by atoms with Crippen molar-refractivity contribution in [3.8, 4) is 0 Å². The van der Waals surface area contributed by atoms with Gasteiger partial charge in [-0.3, -0.25) is 0 Å². The molecule has 2 aromatic rings. The van der Waals surface area contributed by atoms with Crippen molar-refractivity contribution in [3.63, 3.8) is 0 Å². The van der Waals surface area contributed by atoms with Gasteiger partial charge in [0.25, 0.3) is 5.66 Å². The Balaban J connectivity index is 1.62. The molecule has 0 N–H and O–H groups in total.